The number of alkyl halides is 3. The van der Waals surface area contributed by atoms with Gasteiger partial charge in [-0.05, 0) is 65.9 Å². The van der Waals surface area contributed by atoms with Gasteiger partial charge in [0.2, 0.25) is 5.95 Å². The number of ether oxygens (including phenoxy) is 1. The molecule has 0 spiro atoms. The monoisotopic (exact) mass is 521 g/mol. The molecule has 1 fully saturated rings. The number of nitrogens with one attached hydrogen (secondary N) is 1. The lowest BCUT2D eigenvalue weighted by molar-refractivity contribution is -0.137. The van der Waals surface area contributed by atoms with E-state index in [1.165, 1.54) is 30.3 Å². The predicted molar refractivity (Wildman–Crippen MR) is 126 cm³/mol. The minimum Gasteiger partial charge on any atom is -0.378 e. The Labute approximate surface area is 206 Å². The lowest BCUT2D eigenvalue weighted by Gasteiger charge is -2.32. The maximum absolute atomic E-state index is 13.5. The molecule has 5 rings (SSSR count). The Morgan fingerprint density at radius 3 is 2.47 bits per heavy atom. The molecule has 0 unspecified atom stereocenters. The number of nitrogens with zero attached hydrogens (tertiary/aromatic N) is 2. The molecule has 0 radical (unpaired) electrons. The van der Waals surface area contributed by atoms with Crippen LogP contribution in [0, 0.1) is 5.95 Å². The van der Waals surface area contributed by atoms with Crippen LogP contribution in [0.5, 0.6) is 0 Å². The van der Waals surface area contributed by atoms with Crippen LogP contribution in [0.2, 0.25) is 0 Å². The summed E-state index contributed by atoms with van der Waals surface area (Å²) in [6, 6.07) is 12.4. The van der Waals surface area contributed by atoms with Crippen molar-refractivity contribution in [2.45, 2.75) is 29.8 Å². The summed E-state index contributed by atoms with van der Waals surface area (Å²) in [6.07, 6.45) is -3.24. The third-order valence-corrected chi connectivity index (χ3v) is 7.89. The lowest BCUT2D eigenvalue weighted by atomic mass is 9.90. The minimum absolute atomic E-state index is 0.00813. The lowest BCUT2D eigenvalue weighted by Crippen LogP contribution is -2.37. The molecule has 11 heteroatoms. The molecule has 3 aromatic rings. The van der Waals surface area contributed by atoms with Crippen molar-refractivity contribution in [1.29, 1.82) is 0 Å². The molecule has 2 aromatic carbocycles. The van der Waals surface area contributed by atoms with Crippen LogP contribution in [0.25, 0.3) is 0 Å². The van der Waals surface area contributed by atoms with E-state index < -0.39 is 27.7 Å². The Kier molecular flexibility index (Phi) is 6.37. The SMILES string of the molecule is O=S(=O)(Nc1cccc(F)n1)c1ccc2c(c1)CC[C@@H]2c1ccc(C(F)(F)F)cc1N1CCOCC1. The highest BCUT2D eigenvalue weighted by Gasteiger charge is 2.34. The van der Waals surface area contributed by atoms with Gasteiger partial charge in [0.15, 0.2) is 0 Å². The van der Waals surface area contributed by atoms with E-state index in [0.29, 0.717) is 44.8 Å². The number of fused-ring (bicyclic) bond motifs is 1. The first-order valence-electron chi connectivity index (χ1n) is 11.4. The largest absolute Gasteiger partial charge is 0.416 e. The average molecular weight is 522 g/mol. The highest BCUT2D eigenvalue weighted by atomic mass is 32.2. The van der Waals surface area contributed by atoms with E-state index in [2.05, 4.69) is 9.71 Å². The van der Waals surface area contributed by atoms with Gasteiger partial charge < -0.3 is 9.64 Å². The Morgan fingerprint density at radius 2 is 1.75 bits per heavy atom. The van der Waals surface area contributed by atoms with E-state index in [1.807, 2.05) is 4.90 Å². The van der Waals surface area contributed by atoms with Crippen molar-refractivity contribution in [3.8, 4) is 0 Å². The zero-order valence-electron chi connectivity index (χ0n) is 19.1. The maximum atomic E-state index is 13.5. The van der Waals surface area contributed by atoms with Crippen molar-refractivity contribution < 1.29 is 30.7 Å². The third-order valence-electron chi connectivity index (χ3n) is 6.54. The van der Waals surface area contributed by atoms with E-state index >= 15 is 0 Å². The second-order valence-corrected chi connectivity index (χ2v) is 10.5. The summed E-state index contributed by atoms with van der Waals surface area (Å²) >= 11 is 0. The number of aromatic nitrogens is 1. The molecule has 0 amide bonds. The molecule has 0 saturated carbocycles. The van der Waals surface area contributed by atoms with E-state index in [0.717, 1.165) is 28.8 Å². The normalized spacial score (nSPS) is 18.2. The molecule has 2 aliphatic rings. The number of pyridine rings is 1. The van der Waals surface area contributed by atoms with E-state index in [1.54, 1.807) is 12.1 Å². The molecule has 36 heavy (non-hydrogen) atoms. The standard InChI is InChI=1S/C25H23F4N3O3S/c26-23-2-1-3-24(30-23)31-36(33,34)18-6-9-19-16(14-18)4-7-20(19)21-8-5-17(25(27,28)29)15-22(21)32-10-12-35-13-11-32/h1-3,5-6,8-9,14-15,20H,4,7,10-13H2,(H,30,31)/t20-/m0/s1. The topological polar surface area (TPSA) is 71.5 Å². The van der Waals surface area contributed by atoms with Gasteiger partial charge in [0.25, 0.3) is 10.0 Å². The number of benzene rings is 2. The van der Waals surface area contributed by atoms with Crippen molar-refractivity contribution in [3.05, 3.63) is 82.8 Å². The summed E-state index contributed by atoms with van der Waals surface area (Å²) in [4.78, 5) is 5.46. The molecule has 1 N–H and O–H groups in total. The number of morpholine rings is 1. The molecular formula is C25H23F4N3O3S. The van der Waals surface area contributed by atoms with Gasteiger partial charge in [0, 0.05) is 24.7 Å². The first-order chi connectivity index (χ1) is 17.1. The second-order valence-electron chi connectivity index (χ2n) is 8.77. The number of sulfonamides is 1. The maximum Gasteiger partial charge on any atom is 0.416 e. The van der Waals surface area contributed by atoms with Crippen molar-refractivity contribution in [1.82, 2.24) is 4.98 Å². The highest BCUT2D eigenvalue weighted by Crippen LogP contribution is 2.44. The van der Waals surface area contributed by atoms with Gasteiger partial charge in [-0.2, -0.15) is 17.6 Å². The van der Waals surface area contributed by atoms with Gasteiger partial charge in [-0.1, -0.05) is 18.2 Å². The summed E-state index contributed by atoms with van der Waals surface area (Å²) in [7, 11) is -4.01. The van der Waals surface area contributed by atoms with Crippen LogP contribution < -0.4 is 9.62 Å². The van der Waals surface area contributed by atoms with Gasteiger partial charge >= 0.3 is 6.18 Å². The fourth-order valence-corrected chi connectivity index (χ4v) is 5.89. The first kappa shape index (κ1) is 24.5. The van der Waals surface area contributed by atoms with Crippen LogP contribution in [0.1, 0.15) is 34.6 Å². The first-order valence-corrected chi connectivity index (χ1v) is 12.9. The molecule has 1 atom stereocenters. The van der Waals surface area contributed by atoms with Gasteiger partial charge in [-0.15, -0.1) is 0 Å². The molecule has 2 heterocycles. The van der Waals surface area contributed by atoms with Crippen LogP contribution in [0.3, 0.4) is 0 Å². The van der Waals surface area contributed by atoms with Crippen LogP contribution in [-0.4, -0.2) is 39.7 Å². The molecule has 1 aromatic heterocycles. The summed E-state index contributed by atoms with van der Waals surface area (Å²) in [5.74, 6) is -1.11. The quantitative estimate of drug-likeness (QED) is 0.380. The van der Waals surface area contributed by atoms with E-state index in [9.17, 15) is 26.0 Å². The van der Waals surface area contributed by atoms with Crippen LogP contribution in [-0.2, 0) is 27.4 Å². The number of rotatable bonds is 5. The molecule has 0 bridgehead atoms. The minimum atomic E-state index is -4.46. The molecule has 190 valence electrons. The summed E-state index contributed by atoms with van der Waals surface area (Å²) in [5, 5.41) is 0. The summed E-state index contributed by atoms with van der Waals surface area (Å²) in [6.45, 7) is 1.85. The summed E-state index contributed by atoms with van der Waals surface area (Å²) < 4.78 is 87.2. The van der Waals surface area contributed by atoms with Crippen LogP contribution in [0.4, 0.5) is 29.1 Å². The number of aryl methyl sites for hydroxylation is 1. The van der Waals surface area contributed by atoms with Gasteiger partial charge in [-0.3, -0.25) is 4.72 Å². The summed E-state index contributed by atoms with van der Waals surface area (Å²) in [5.41, 5.74) is 2.29. The number of hydrogen-bond acceptors (Lipinski definition) is 5. The van der Waals surface area contributed by atoms with Crippen LogP contribution in [0.15, 0.2) is 59.5 Å². The third kappa shape index (κ3) is 4.90. The van der Waals surface area contributed by atoms with Crippen molar-refractivity contribution >= 4 is 21.5 Å². The molecule has 1 saturated heterocycles. The Bertz CT molecular complexity index is 1390. The zero-order valence-corrected chi connectivity index (χ0v) is 19.9. The Hall–Kier alpha value is -3.18. The Balaban J connectivity index is 1.48. The molecule has 6 nitrogen and oxygen atoms in total. The smallest absolute Gasteiger partial charge is 0.378 e. The Morgan fingerprint density at radius 1 is 1.00 bits per heavy atom. The van der Waals surface area contributed by atoms with Gasteiger partial charge in [0.1, 0.15) is 5.82 Å². The number of hydrogen-bond donors (Lipinski definition) is 1. The van der Waals surface area contributed by atoms with Gasteiger partial charge in [0.05, 0.1) is 23.7 Å². The van der Waals surface area contributed by atoms with E-state index in [4.69, 9.17) is 4.74 Å². The fourth-order valence-electron chi connectivity index (χ4n) is 4.84. The molecule has 1 aliphatic heterocycles. The fraction of sp³-hybridized carbons (Fsp3) is 0.320. The predicted octanol–water partition coefficient (Wildman–Crippen LogP) is 4.96. The zero-order chi connectivity index (χ0) is 25.5. The average Bonchev–Trinajstić information content (AvgIpc) is 3.27. The van der Waals surface area contributed by atoms with Crippen molar-refractivity contribution in [2.75, 3.05) is 35.9 Å². The van der Waals surface area contributed by atoms with Crippen molar-refractivity contribution in [3.63, 3.8) is 0 Å². The highest BCUT2D eigenvalue weighted by molar-refractivity contribution is 7.92. The molecule has 1 aliphatic carbocycles. The molecular weight excluding hydrogens is 498 g/mol. The van der Waals surface area contributed by atoms with Crippen molar-refractivity contribution in [2.24, 2.45) is 0 Å². The number of anilines is 2. The number of halogens is 4. The van der Waals surface area contributed by atoms with E-state index in [-0.39, 0.29) is 16.6 Å². The second kappa shape index (κ2) is 9.36. The van der Waals surface area contributed by atoms with Crippen LogP contribution >= 0.6 is 0 Å². The van der Waals surface area contributed by atoms with Gasteiger partial charge in [-0.25, -0.2) is 13.4 Å².